The van der Waals surface area contributed by atoms with Crippen molar-refractivity contribution in [3.63, 3.8) is 0 Å². The molecule has 0 radical (unpaired) electrons. The van der Waals surface area contributed by atoms with Gasteiger partial charge >= 0.3 is 0 Å². The highest BCUT2D eigenvalue weighted by Crippen LogP contribution is 2.39. The molecule has 9 aromatic carbocycles. The van der Waals surface area contributed by atoms with Crippen LogP contribution in [0.25, 0.3) is 111 Å². The fourth-order valence-electron chi connectivity index (χ4n) is 8.11. The highest BCUT2D eigenvalue weighted by molar-refractivity contribution is 6.13. The van der Waals surface area contributed by atoms with Crippen LogP contribution in [-0.4, -0.2) is 15.0 Å². The van der Waals surface area contributed by atoms with Gasteiger partial charge < -0.3 is 4.42 Å². The minimum absolute atomic E-state index is 0.576. The van der Waals surface area contributed by atoms with Crippen molar-refractivity contribution in [3.05, 3.63) is 212 Å². The van der Waals surface area contributed by atoms with Gasteiger partial charge in [-0.05, 0) is 91.7 Å². The maximum Gasteiger partial charge on any atom is 0.164 e. The zero-order chi connectivity index (χ0) is 39.1. The number of hydrogen-bond acceptors (Lipinski definition) is 4. The number of benzene rings is 9. The molecule has 4 nitrogen and oxygen atoms in total. The van der Waals surface area contributed by atoms with Gasteiger partial charge in [-0.3, -0.25) is 0 Å². The minimum Gasteiger partial charge on any atom is -0.456 e. The summed E-state index contributed by atoms with van der Waals surface area (Å²) < 4.78 is 6.60. The highest BCUT2D eigenvalue weighted by Gasteiger charge is 2.17. The van der Waals surface area contributed by atoms with Crippen LogP contribution in [0.5, 0.6) is 0 Å². The SMILES string of the molecule is c1ccc(-c2cccc(-c3nc(-c4ccc(-c5ccc6ccccc6c5)cc4)nc(-c4ccc5c(c4)oc4cccc(-c6cccc(-c7ccccc7)c6)c45)n3)c2)cc1. The van der Waals surface area contributed by atoms with Crippen LogP contribution in [0.15, 0.2) is 217 Å². The first kappa shape index (κ1) is 34.3. The van der Waals surface area contributed by atoms with Gasteiger partial charge in [0, 0.05) is 27.5 Å². The normalized spacial score (nSPS) is 11.4. The van der Waals surface area contributed by atoms with Crippen LogP contribution >= 0.6 is 0 Å². The lowest BCUT2D eigenvalue weighted by Crippen LogP contribution is -2.00. The molecule has 0 aliphatic heterocycles. The van der Waals surface area contributed by atoms with Gasteiger partial charge in [0.1, 0.15) is 11.2 Å². The van der Waals surface area contributed by atoms with Gasteiger partial charge in [-0.25, -0.2) is 15.0 Å². The van der Waals surface area contributed by atoms with Crippen LogP contribution in [0.1, 0.15) is 0 Å². The summed E-state index contributed by atoms with van der Waals surface area (Å²) in [5, 5.41) is 4.57. The summed E-state index contributed by atoms with van der Waals surface area (Å²) >= 11 is 0. The van der Waals surface area contributed by atoms with Crippen molar-refractivity contribution in [1.29, 1.82) is 0 Å². The Hall–Kier alpha value is -7.95. The number of rotatable bonds is 7. The highest BCUT2D eigenvalue weighted by atomic mass is 16.3. The molecule has 0 unspecified atom stereocenters. The molecule has 2 heterocycles. The number of nitrogens with zero attached hydrogens (tertiary/aromatic N) is 3. The first-order valence-corrected chi connectivity index (χ1v) is 19.8. The van der Waals surface area contributed by atoms with Crippen LogP contribution in [0.4, 0.5) is 0 Å². The summed E-state index contributed by atoms with van der Waals surface area (Å²) in [5.74, 6) is 1.78. The van der Waals surface area contributed by atoms with Gasteiger partial charge in [0.05, 0.1) is 0 Å². The second-order valence-corrected chi connectivity index (χ2v) is 14.8. The predicted molar refractivity (Wildman–Crippen MR) is 243 cm³/mol. The van der Waals surface area contributed by atoms with Gasteiger partial charge in [0.25, 0.3) is 0 Å². The van der Waals surface area contributed by atoms with Gasteiger partial charge in [-0.2, -0.15) is 0 Å². The van der Waals surface area contributed by atoms with E-state index >= 15 is 0 Å². The summed E-state index contributed by atoms with van der Waals surface area (Å²) in [7, 11) is 0. The number of furan rings is 1. The first-order chi connectivity index (χ1) is 29.2. The summed E-state index contributed by atoms with van der Waals surface area (Å²) in [5.41, 5.74) is 13.4. The molecule has 4 heteroatoms. The van der Waals surface area contributed by atoms with Crippen molar-refractivity contribution in [1.82, 2.24) is 15.0 Å². The van der Waals surface area contributed by atoms with E-state index in [0.29, 0.717) is 17.5 Å². The Balaban J connectivity index is 1.02. The first-order valence-electron chi connectivity index (χ1n) is 19.8. The molecule has 0 atom stereocenters. The zero-order valence-electron chi connectivity index (χ0n) is 32.0. The fraction of sp³-hybridized carbons (Fsp3) is 0. The van der Waals surface area contributed by atoms with Crippen molar-refractivity contribution in [2.24, 2.45) is 0 Å². The van der Waals surface area contributed by atoms with Crippen molar-refractivity contribution < 1.29 is 4.42 Å². The van der Waals surface area contributed by atoms with Crippen LogP contribution in [0.2, 0.25) is 0 Å². The molecule has 11 aromatic rings. The third-order valence-electron chi connectivity index (χ3n) is 11.1. The number of fused-ring (bicyclic) bond motifs is 4. The molecular weight excluding hydrogens is 719 g/mol. The monoisotopic (exact) mass is 753 g/mol. The zero-order valence-corrected chi connectivity index (χ0v) is 32.0. The molecule has 0 N–H and O–H groups in total. The molecule has 0 aliphatic carbocycles. The van der Waals surface area contributed by atoms with E-state index in [0.717, 1.165) is 72.0 Å². The molecule has 0 saturated heterocycles. The van der Waals surface area contributed by atoms with E-state index in [1.54, 1.807) is 0 Å². The quantitative estimate of drug-likeness (QED) is 0.163. The van der Waals surface area contributed by atoms with Crippen LogP contribution in [0.3, 0.4) is 0 Å². The average molecular weight is 754 g/mol. The molecule has 2 aromatic heterocycles. The maximum atomic E-state index is 6.60. The Morgan fingerprint density at radius 1 is 0.271 bits per heavy atom. The molecule has 0 spiro atoms. The Morgan fingerprint density at radius 3 is 1.46 bits per heavy atom. The van der Waals surface area contributed by atoms with Crippen molar-refractivity contribution in [3.8, 4) is 78.7 Å². The molecule has 0 saturated carbocycles. The van der Waals surface area contributed by atoms with E-state index in [1.165, 1.54) is 21.9 Å². The fourth-order valence-corrected chi connectivity index (χ4v) is 8.11. The van der Waals surface area contributed by atoms with Crippen LogP contribution < -0.4 is 0 Å². The van der Waals surface area contributed by atoms with Gasteiger partial charge in [-0.1, -0.05) is 176 Å². The molecule has 59 heavy (non-hydrogen) atoms. The van der Waals surface area contributed by atoms with Crippen molar-refractivity contribution in [2.45, 2.75) is 0 Å². The summed E-state index contributed by atoms with van der Waals surface area (Å²) in [6.07, 6.45) is 0. The van der Waals surface area contributed by atoms with E-state index in [9.17, 15) is 0 Å². The standard InChI is InChI=1S/C55H35N3O/c1-3-12-36(13-4-1)42-18-9-20-45(33-42)48-22-11-23-50-52(48)49-31-30-47(35-51(49)59-50)55-57-53(56-54(58-55)46-21-10-19-43(34-46)37-14-5-2-6-15-37)40-27-24-39(25-28-40)44-29-26-38-16-7-8-17-41(38)32-44/h1-35H. The minimum atomic E-state index is 0.576. The summed E-state index contributed by atoms with van der Waals surface area (Å²) in [6, 6.07) is 74.1. The van der Waals surface area contributed by atoms with Crippen LogP contribution in [-0.2, 0) is 0 Å². The lowest BCUT2D eigenvalue weighted by Gasteiger charge is -2.10. The molecule has 0 fully saturated rings. The molecule has 0 aliphatic rings. The molecule has 0 bridgehead atoms. The Morgan fingerprint density at radius 2 is 0.746 bits per heavy atom. The molecule has 0 amide bonds. The van der Waals surface area contributed by atoms with Crippen molar-refractivity contribution >= 4 is 32.7 Å². The maximum absolute atomic E-state index is 6.60. The Labute approximate surface area is 341 Å². The summed E-state index contributed by atoms with van der Waals surface area (Å²) in [6.45, 7) is 0. The van der Waals surface area contributed by atoms with E-state index in [-0.39, 0.29) is 0 Å². The number of hydrogen-bond donors (Lipinski definition) is 0. The Bertz CT molecular complexity index is 3320. The number of aromatic nitrogens is 3. The topological polar surface area (TPSA) is 51.8 Å². The van der Waals surface area contributed by atoms with E-state index in [1.807, 2.05) is 18.2 Å². The largest absolute Gasteiger partial charge is 0.456 e. The third kappa shape index (κ3) is 6.53. The van der Waals surface area contributed by atoms with E-state index < -0.39 is 0 Å². The van der Waals surface area contributed by atoms with Gasteiger partial charge in [0.2, 0.25) is 0 Å². The second-order valence-electron chi connectivity index (χ2n) is 14.8. The van der Waals surface area contributed by atoms with Gasteiger partial charge in [0.15, 0.2) is 17.5 Å². The van der Waals surface area contributed by atoms with Crippen molar-refractivity contribution in [2.75, 3.05) is 0 Å². The molecule has 276 valence electrons. The molecule has 11 rings (SSSR count). The van der Waals surface area contributed by atoms with E-state index in [4.69, 9.17) is 19.4 Å². The summed E-state index contributed by atoms with van der Waals surface area (Å²) in [4.78, 5) is 15.4. The molecular formula is C55H35N3O. The van der Waals surface area contributed by atoms with Crippen LogP contribution in [0, 0.1) is 0 Å². The predicted octanol–water partition coefficient (Wildman–Crippen LogP) is 14.6. The Kier molecular flexibility index (Phi) is 8.45. The lowest BCUT2D eigenvalue weighted by molar-refractivity contribution is 0.669. The lowest BCUT2D eigenvalue weighted by atomic mass is 9.96. The third-order valence-corrected chi connectivity index (χ3v) is 11.1. The second kappa shape index (κ2) is 14.5. The van der Waals surface area contributed by atoms with E-state index in [2.05, 4.69) is 194 Å². The smallest absolute Gasteiger partial charge is 0.164 e. The van der Waals surface area contributed by atoms with Gasteiger partial charge in [-0.15, -0.1) is 0 Å². The average Bonchev–Trinajstić information content (AvgIpc) is 3.70.